The van der Waals surface area contributed by atoms with Gasteiger partial charge in [-0.2, -0.15) is 0 Å². The summed E-state index contributed by atoms with van der Waals surface area (Å²) in [5, 5.41) is 10.6. The topological polar surface area (TPSA) is 237 Å². The van der Waals surface area contributed by atoms with E-state index in [9.17, 15) is 43.2 Å². The van der Waals surface area contributed by atoms with Crippen LogP contribution in [0.15, 0.2) is 0 Å². The molecule has 17 nitrogen and oxygen atoms in total. The molecule has 0 fully saturated rings. The van der Waals surface area contributed by atoms with Gasteiger partial charge in [0.2, 0.25) is 0 Å². The van der Waals surface area contributed by atoms with Crippen molar-refractivity contribution in [1.29, 1.82) is 0 Å². The van der Waals surface area contributed by atoms with Crippen molar-refractivity contribution < 1.29 is 80.2 Å². The van der Waals surface area contributed by atoms with Gasteiger partial charge in [0, 0.05) is 25.7 Å². The zero-order valence-corrected chi connectivity index (χ0v) is 61.1. The third-order valence-corrected chi connectivity index (χ3v) is 18.5. The lowest BCUT2D eigenvalue weighted by Crippen LogP contribution is -2.30. The number of aliphatic hydroxyl groups is 1. The van der Waals surface area contributed by atoms with E-state index in [0.717, 1.165) is 108 Å². The van der Waals surface area contributed by atoms with Crippen LogP contribution in [0.4, 0.5) is 0 Å². The second-order valence-corrected chi connectivity index (χ2v) is 30.3. The highest BCUT2D eigenvalue weighted by Gasteiger charge is 2.30. The SMILES string of the molecule is CCCCCCCCCCCCCCCCC(=O)O[C@H](COC(=O)CCCCCCCCCCCCC(C)C)COP(=O)(O)OC[C@@H](O)COP(=O)(O)OC[C@@H](COC(=O)CCCCCCCCCCC(C)C)OC(=O)CCCCCCCCCCCCC(C)C. The van der Waals surface area contributed by atoms with Crippen LogP contribution in [0.1, 0.15) is 363 Å². The van der Waals surface area contributed by atoms with Crippen LogP contribution in [0.3, 0.4) is 0 Å². The first-order valence-corrected chi connectivity index (χ1v) is 40.3. The molecular weight excluding hydrogens is 1200 g/mol. The van der Waals surface area contributed by atoms with Gasteiger partial charge in [0.25, 0.3) is 0 Å². The van der Waals surface area contributed by atoms with Crippen molar-refractivity contribution in [3.63, 3.8) is 0 Å². The second-order valence-electron chi connectivity index (χ2n) is 27.4. The number of carbonyl (C=O) groups is 4. The smallest absolute Gasteiger partial charge is 0.462 e. The van der Waals surface area contributed by atoms with Gasteiger partial charge in [-0.1, -0.05) is 312 Å². The predicted octanol–water partition coefficient (Wildman–Crippen LogP) is 20.6. The maximum Gasteiger partial charge on any atom is 0.472 e. The molecule has 0 aliphatic carbocycles. The maximum absolute atomic E-state index is 13.0. The van der Waals surface area contributed by atoms with E-state index in [1.165, 1.54) is 173 Å². The zero-order valence-electron chi connectivity index (χ0n) is 59.3. The molecule has 0 heterocycles. The Hall–Kier alpha value is -1.94. The molecule has 0 bridgehead atoms. The van der Waals surface area contributed by atoms with Crippen LogP contribution in [0.5, 0.6) is 0 Å². The Morgan fingerprint density at radius 3 is 0.747 bits per heavy atom. The summed E-state index contributed by atoms with van der Waals surface area (Å²) in [5.41, 5.74) is 0. The van der Waals surface area contributed by atoms with Gasteiger partial charge < -0.3 is 33.8 Å². The number of rotatable bonds is 70. The van der Waals surface area contributed by atoms with Crippen LogP contribution in [0.25, 0.3) is 0 Å². The zero-order chi connectivity index (χ0) is 67.3. The molecule has 0 saturated heterocycles. The van der Waals surface area contributed by atoms with Gasteiger partial charge in [0.15, 0.2) is 12.2 Å². The van der Waals surface area contributed by atoms with Crippen LogP contribution >= 0.6 is 15.6 Å². The molecule has 91 heavy (non-hydrogen) atoms. The monoisotopic (exact) mass is 1340 g/mol. The molecule has 19 heteroatoms. The van der Waals surface area contributed by atoms with Crippen molar-refractivity contribution in [2.24, 2.45) is 17.8 Å². The molecule has 0 amide bonds. The van der Waals surface area contributed by atoms with E-state index in [4.69, 9.17) is 37.0 Å². The summed E-state index contributed by atoms with van der Waals surface area (Å²) >= 11 is 0. The summed E-state index contributed by atoms with van der Waals surface area (Å²) in [5.74, 6) is 0.114. The van der Waals surface area contributed by atoms with Crippen LogP contribution < -0.4 is 0 Å². The number of ether oxygens (including phenoxy) is 4. The Balaban J connectivity index is 5.27. The molecule has 0 aliphatic rings. The van der Waals surface area contributed by atoms with Gasteiger partial charge in [-0.25, -0.2) is 9.13 Å². The van der Waals surface area contributed by atoms with Crippen molar-refractivity contribution in [3.05, 3.63) is 0 Å². The standard InChI is InChI=1S/C72H140O17P2/c1-8-9-10-11-12-13-14-15-16-17-25-34-41-48-55-71(76)88-67(59-82-69(74)53-46-39-32-24-20-18-22-29-36-43-50-63(2)3)61-86-90(78,79)84-57-66(73)58-85-91(80,81)87-62-68(60-83-70(75)54-47-40-33-28-27-31-38-45-52-65(6)7)89-72(77)56-49-42-35-26-21-19-23-30-37-44-51-64(4)5/h63-68,73H,8-62H2,1-7H3,(H,78,79)(H,80,81)/t66-,67-,68-/m1/s1. The molecule has 0 aromatic carbocycles. The van der Waals surface area contributed by atoms with Gasteiger partial charge in [-0.05, 0) is 43.4 Å². The normalized spacial score (nSPS) is 14.2. The molecule has 0 saturated carbocycles. The van der Waals surface area contributed by atoms with E-state index >= 15 is 0 Å². The summed E-state index contributed by atoms with van der Waals surface area (Å²) < 4.78 is 68.4. The van der Waals surface area contributed by atoms with E-state index in [1.807, 2.05) is 0 Å². The van der Waals surface area contributed by atoms with Gasteiger partial charge in [0.05, 0.1) is 26.4 Å². The second kappa shape index (κ2) is 62.8. The van der Waals surface area contributed by atoms with Crippen molar-refractivity contribution in [2.75, 3.05) is 39.6 Å². The minimum atomic E-state index is -4.95. The minimum Gasteiger partial charge on any atom is -0.462 e. The highest BCUT2D eigenvalue weighted by atomic mass is 31.2. The molecule has 0 radical (unpaired) electrons. The maximum atomic E-state index is 13.0. The van der Waals surface area contributed by atoms with Gasteiger partial charge in [0.1, 0.15) is 19.3 Å². The first-order chi connectivity index (χ1) is 43.7. The van der Waals surface area contributed by atoms with E-state index in [1.54, 1.807) is 0 Å². The number of carbonyl (C=O) groups excluding carboxylic acids is 4. The van der Waals surface area contributed by atoms with Gasteiger partial charge >= 0.3 is 39.5 Å². The molecule has 0 spiro atoms. The Bertz CT molecular complexity index is 1780. The summed E-state index contributed by atoms with van der Waals surface area (Å²) in [4.78, 5) is 72.7. The molecular formula is C72H140O17P2. The molecule has 0 aliphatic heterocycles. The number of esters is 4. The van der Waals surface area contributed by atoms with Gasteiger partial charge in [-0.15, -0.1) is 0 Å². The first kappa shape index (κ1) is 89.1. The molecule has 0 aromatic heterocycles. The number of phosphoric ester groups is 2. The Morgan fingerprint density at radius 1 is 0.297 bits per heavy atom. The van der Waals surface area contributed by atoms with E-state index < -0.39 is 97.5 Å². The highest BCUT2D eigenvalue weighted by molar-refractivity contribution is 7.47. The Kier molecular flexibility index (Phi) is 61.5. The van der Waals surface area contributed by atoms with Gasteiger partial charge in [-0.3, -0.25) is 37.3 Å². The number of hydrogen-bond donors (Lipinski definition) is 3. The number of aliphatic hydroxyl groups excluding tert-OH is 1. The van der Waals surface area contributed by atoms with E-state index in [2.05, 4.69) is 48.5 Å². The quantitative estimate of drug-likeness (QED) is 0.0222. The van der Waals surface area contributed by atoms with Crippen molar-refractivity contribution in [1.82, 2.24) is 0 Å². The summed E-state index contributed by atoms with van der Waals surface area (Å²) in [6.07, 6.45) is 47.1. The van der Waals surface area contributed by atoms with Crippen molar-refractivity contribution in [3.8, 4) is 0 Å². The van der Waals surface area contributed by atoms with Crippen molar-refractivity contribution in [2.45, 2.75) is 381 Å². The summed E-state index contributed by atoms with van der Waals surface area (Å²) in [7, 11) is -9.91. The largest absolute Gasteiger partial charge is 0.472 e. The predicted molar refractivity (Wildman–Crippen MR) is 368 cm³/mol. The lowest BCUT2D eigenvalue weighted by molar-refractivity contribution is -0.161. The Morgan fingerprint density at radius 2 is 0.505 bits per heavy atom. The Labute approximate surface area is 556 Å². The molecule has 3 N–H and O–H groups in total. The fraction of sp³-hybridized carbons (Fsp3) is 0.944. The molecule has 0 rings (SSSR count). The number of unbranched alkanes of at least 4 members (excludes halogenated alkanes) is 38. The highest BCUT2D eigenvalue weighted by Crippen LogP contribution is 2.45. The lowest BCUT2D eigenvalue weighted by atomic mass is 10.0. The average molecular weight is 1340 g/mol. The minimum absolute atomic E-state index is 0.105. The van der Waals surface area contributed by atoms with Crippen molar-refractivity contribution >= 4 is 39.5 Å². The third-order valence-electron chi connectivity index (χ3n) is 16.6. The van der Waals surface area contributed by atoms with E-state index in [-0.39, 0.29) is 25.7 Å². The lowest BCUT2D eigenvalue weighted by Gasteiger charge is -2.21. The first-order valence-electron chi connectivity index (χ1n) is 37.3. The van der Waals surface area contributed by atoms with Crippen LogP contribution in [-0.4, -0.2) is 96.7 Å². The van der Waals surface area contributed by atoms with Crippen LogP contribution in [0, 0.1) is 17.8 Å². The molecule has 0 aromatic rings. The molecule has 5 atom stereocenters. The van der Waals surface area contributed by atoms with Crippen LogP contribution in [0.2, 0.25) is 0 Å². The number of hydrogen-bond acceptors (Lipinski definition) is 15. The fourth-order valence-electron chi connectivity index (χ4n) is 10.9. The summed E-state index contributed by atoms with van der Waals surface area (Å²) in [6, 6.07) is 0. The van der Waals surface area contributed by atoms with E-state index in [0.29, 0.717) is 25.7 Å². The number of phosphoric acid groups is 2. The third kappa shape index (κ3) is 66.5. The fourth-order valence-corrected chi connectivity index (χ4v) is 12.5. The summed E-state index contributed by atoms with van der Waals surface area (Å²) in [6.45, 7) is 11.8. The average Bonchev–Trinajstić information content (AvgIpc) is 3.38. The van der Waals surface area contributed by atoms with Crippen LogP contribution in [-0.2, 0) is 65.4 Å². The molecule has 2 unspecified atom stereocenters. The molecule has 540 valence electrons.